The number of nitrogens with one attached hydrogen (secondary N) is 1. The zero-order chi connectivity index (χ0) is 20.8. The highest BCUT2D eigenvalue weighted by Crippen LogP contribution is 2.26. The number of nitrogens with zero attached hydrogens (tertiary/aromatic N) is 1. The summed E-state index contributed by atoms with van der Waals surface area (Å²) in [5, 5.41) is 2.75. The fourth-order valence-electron chi connectivity index (χ4n) is 3.14. The lowest BCUT2D eigenvalue weighted by Crippen LogP contribution is -2.36. The van der Waals surface area contributed by atoms with Crippen molar-refractivity contribution in [3.8, 4) is 5.75 Å². The van der Waals surface area contributed by atoms with Crippen LogP contribution in [0.25, 0.3) is 0 Å². The van der Waals surface area contributed by atoms with Gasteiger partial charge in [0.1, 0.15) is 5.75 Å². The number of rotatable bonds is 7. The first-order valence-electron chi connectivity index (χ1n) is 9.50. The van der Waals surface area contributed by atoms with Crippen LogP contribution in [0.1, 0.15) is 35.7 Å². The van der Waals surface area contributed by atoms with E-state index < -0.39 is 18.0 Å². The third kappa shape index (κ3) is 4.93. The van der Waals surface area contributed by atoms with Gasteiger partial charge in [-0.05, 0) is 43.2 Å². The van der Waals surface area contributed by atoms with Crippen LogP contribution in [0.2, 0.25) is 0 Å². The highest BCUT2D eigenvalue weighted by atomic mass is 16.5. The number of amides is 2. The maximum absolute atomic E-state index is 12.6. The van der Waals surface area contributed by atoms with E-state index >= 15 is 0 Å². The van der Waals surface area contributed by atoms with Gasteiger partial charge >= 0.3 is 5.97 Å². The predicted molar refractivity (Wildman–Crippen MR) is 108 cm³/mol. The van der Waals surface area contributed by atoms with E-state index in [1.165, 1.54) is 6.92 Å². The van der Waals surface area contributed by atoms with Gasteiger partial charge in [-0.1, -0.05) is 24.3 Å². The van der Waals surface area contributed by atoms with Gasteiger partial charge in [-0.3, -0.25) is 9.59 Å². The van der Waals surface area contributed by atoms with E-state index in [0.29, 0.717) is 25.2 Å². The molecule has 1 aliphatic heterocycles. The predicted octanol–water partition coefficient (Wildman–Crippen LogP) is 2.68. The summed E-state index contributed by atoms with van der Waals surface area (Å²) in [5.74, 6) is -0.315. The molecule has 29 heavy (non-hydrogen) atoms. The summed E-state index contributed by atoms with van der Waals surface area (Å²) in [6.45, 7) is 2.40. The molecule has 1 N–H and O–H groups in total. The zero-order valence-electron chi connectivity index (χ0n) is 16.5. The Morgan fingerprint density at radius 1 is 1.14 bits per heavy atom. The van der Waals surface area contributed by atoms with Crippen molar-refractivity contribution in [3.05, 3.63) is 59.7 Å². The van der Waals surface area contributed by atoms with Gasteiger partial charge in [-0.25, -0.2) is 4.79 Å². The summed E-state index contributed by atoms with van der Waals surface area (Å²) in [5.41, 5.74) is 1.69. The van der Waals surface area contributed by atoms with Crippen molar-refractivity contribution < 1.29 is 23.9 Å². The molecule has 1 fully saturated rings. The van der Waals surface area contributed by atoms with Crippen molar-refractivity contribution >= 4 is 23.5 Å². The minimum absolute atomic E-state index is 0.0180. The molecular formula is C22H24N2O5. The molecule has 0 radical (unpaired) electrons. The molecule has 1 saturated heterocycles. The maximum Gasteiger partial charge on any atom is 0.341 e. The topological polar surface area (TPSA) is 84.9 Å². The van der Waals surface area contributed by atoms with Gasteiger partial charge < -0.3 is 19.7 Å². The van der Waals surface area contributed by atoms with Crippen LogP contribution in [0.4, 0.5) is 5.69 Å². The highest BCUT2D eigenvalue weighted by Gasteiger charge is 2.27. The van der Waals surface area contributed by atoms with Crippen molar-refractivity contribution in [1.82, 2.24) is 5.32 Å². The Hall–Kier alpha value is -3.35. The summed E-state index contributed by atoms with van der Waals surface area (Å²) in [6.07, 6.45) is 0.253. The normalized spacial score (nSPS) is 14.4. The van der Waals surface area contributed by atoms with Crippen molar-refractivity contribution in [2.75, 3.05) is 18.6 Å². The number of methoxy groups -OCH3 is 1. The summed E-state index contributed by atoms with van der Waals surface area (Å²) in [7, 11) is 1.59. The molecule has 0 aliphatic carbocycles. The van der Waals surface area contributed by atoms with Crippen LogP contribution in [-0.2, 0) is 20.9 Å². The number of esters is 1. The third-order valence-corrected chi connectivity index (χ3v) is 4.77. The van der Waals surface area contributed by atoms with Crippen LogP contribution in [-0.4, -0.2) is 37.5 Å². The van der Waals surface area contributed by atoms with Gasteiger partial charge in [0, 0.05) is 19.5 Å². The molecule has 0 unspecified atom stereocenters. The molecule has 152 valence electrons. The lowest BCUT2D eigenvalue weighted by molar-refractivity contribution is -0.129. The molecule has 3 rings (SSSR count). The second-order valence-electron chi connectivity index (χ2n) is 6.78. The quantitative estimate of drug-likeness (QED) is 0.728. The third-order valence-electron chi connectivity index (χ3n) is 4.77. The van der Waals surface area contributed by atoms with Gasteiger partial charge in [0.05, 0.1) is 18.4 Å². The number of para-hydroxylation sites is 1. The summed E-state index contributed by atoms with van der Waals surface area (Å²) in [4.78, 5) is 38.6. The van der Waals surface area contributed by atoms with Crippen LogP contribution >= 0.6 is 0 Å². The van der Waals surface area contributed by atoms with Gasteiger partial charge in [0.25, 0.3) is 5.91 Å². The van der Waals surface area contributed by atoms with Crippen molar-refractivity contribution in [3.63, 3.8) is 0 Å². The van der Waals surface area contributed by atoms with E-state index in [4.69, 9.17) is 9.47 Å². The van der Waals surface area contributed by atoms with Gasteiger partial charge in [0.15, 0.2) is 6.10 Å². The van der Waals surface area contributed by atoms with Gasteiger partial charge in [-0.2, -0.15) is 0 Å². The molecule has 0 spiro atoms. The Bertz CT molecular complexity index is 894. The number of hydrogen-bond donors (Lipinski definition) is 1. The Morgan fingerprint density at radius 3 is 2.52 bits per heavy atom. The fraction of sp³-hybridized carbons (Fsp3) is 0.318. The first kappa shape index (κ1) is 20.4. The van der Waals surface area contributed by atoms with Crippen molar-refractivity contribution in [1.29, 1.82) is 0 Å². The van der Waals surface area contributed by atoms with Gasteiger partial charge in [0.2, 0.25) is 5.91 Å². The molecule has 1 aliphatic rings. The highest BCUT2D eigenvalue weighted by molar-refractivity contribution is 6.04. The van der Waals surface area contributed by atoms with E-state index in [1.54, 1.807) is 36.3 Å². The van der Waals surface area contributed by atoms with E-state index in [2.05, 4.69) is 5.32 Å². The molecular weight excluding hydrogens is 372 g/mol. The standard InChI is InChI=1S/C22H24N2O5/c1-15(21(26)23-14-16-9-11-17(28-2)12-10-16)29-22(27)18-6-3-4-7-19(18)24-13-5-8-20(24)25/h3-4,6-7,9-12,15H,5,8,13-14H2,1-2H3,(H,23,26)/t15-/m0/s1. The number of benzene rings is 2. The number of carbonyl (C=O) groups excluding carboxylic acids is 3. The van der Waals surface area contributed by atoms with Crippen LogP contribution in [0.5, 0.6) is 5.75 Å². The number of carbonyl (C=O) groups is 3. The minimum atomic E-state index is -0.969. The average Bonchev–Trinajstić information content (AvgIpc) is 3.17. The van der Waals surface area contributed by atoms with Crippen LogP contribution < -0.4 is 15.0 Å². The Kier molecular flexibility index (Phi) is 6.49. The largest absolute Gasteiger partial charge is 0.497 e. The molecule has 2 aromatic rings. The zero-order valence-corrected chi connectivity index (χ0v) is 16.5. The molecule has 2 aromatic carbocycles. The molecule has 0 bridgehead atoms. The Labute approximate surface area is 169 Å². The smallest absolute Gasteiger partial charge is 0.341 e. The van der Waals surface area contributed by atoms with E-state index in [1.807, 2.05) is 24.3 Å². The maximum atomic E-state index is 12.6. The van der Waals surface area contributed by atoms with Crippen LogP contribution in [0.3, 0.4) is 0 Å². The monoisotopic (exact) mass is 396 g/mol. The van der Waals surface area contributed by atoms with Crippen LogP contribution in [0, 0.1) is 0 Å². The lowest BCUT2D eigenvalue weighted by Gasteiger charge is -2.20. The molecule has 7 nitrogen and oxygen atoms in total. The SMILES string of the molecule is COc1ccc(CNC(=O)[C@H](C)OC(=O)c2ccccc2N2CCCC2=O)cc1. The molecule has 0 saturated carbocycles. The van der Waals surface area contributed by atoms with E-state index in [0.717, 1.165) is 17.7 Å². The lowest BCUT2D eigenvalue weighted by atomic mass is 10.1. The molecule has 7 heteroatoms. The van der Waals surface area contributed by atoms with Crippen molar-refractivity contribution in [2.24, 2.45) is 0 Å². The number of anilines is 1. The molecule has 1 heterocycles. The number of ether oxygens (including phenoxy) is 2. The first-order valence-corrected chi connectivity index (χ1v) is 9.50. The van der Waals surface area contributed by atoms with E-state index in [9.17, 15) is 14.4 Å². The minimum Gasteiger partial charge on any atom is -0.497 e. The summed E-state index contributed by atoms with van der Waals surface area (Å²) < 4.78 is 10.5. The second-order valence-corrected chi connectivity index (χ2v) is 6.78. The summed E-state index contributed by atoms with van der Waals surface area (Å²) in [6, 6.07) is 14.1. The molecule has 2 amide bonds. The Balaban J connectivity index is 1.60. The van der Waals surface area contributed by atoms with Crippen molar-refractivity contribution in [2.45, 2.75) is 32.4 Å². The molecule has 1 atom stereocenters. The van der Waals surface area contributed by atoms with Gasteiger partial charge in [-0.15, -0.1) is 0 Å². The summed E-state index contributed by atoms with van der Waals surface area (Å²) >= 11 is 0. The van der Waals surface area contributed by atoms with E-state index in [-0.39, 0.29) is 11.5 Å². The first-order chi connectivity index (χ1) is 14.0. The number of hydrogen-bond acceptors (Lipinski definition) is 5. The molecule has 0 aromatic heterocycles. The average molecular weight is 396 g/mol. The fourth-order valence-corrected chi connectivity index (χ4v) is 3.14. The second kappa shape index (κ2) is 9.23. The van der Waals surface area contributed by atoms with Crippen LogP contribution in [0.15, 0.2) is 48.5 Å². The Morgan fingerprint density at radius 2 is 1.86 bits per heavy atom.